The molecule has 1 aliphatic heterocycles. The van der Waals surface area contributed by atoms with Crippen molar-refractivity contribution in [2.75, 3.05) is 26.4 Å². The third-order valence-corrected chi connectivity index (χ3v) is 3.89. The van der Waals surface area contributed by atoms with Crippen molar-refractivity contribution in [3.8, 4) is 0 Å². The fourth-order valence-corrected chi connectivity index (χ4v) is 2.16. The maximum absolute atomic E-state index is 9.83. The second-order valence-corrected chi connectivity index (χ2v) is 6.32. The normalized spacial score (nSPS) is 33.2. The number of rotatable bonds is 9. The molecule has 0 bridgehead atoms. The number of aliphatic hydroxyl groups excluding tert-OH is 11. The maximum atomic E-state index is 9.83. The highest BCUT2D eigenvalue weighted by Gasteiger charge is 2.46. The fourth-order valence-electron chi connectivity index (χ4n) is 2.16. The Morgan fingerprint density at radius 3 is 1.68 bits per heavy atom. The summed E-state index contributed by atoms with van der Waals surface area (Å²) >= 11 is 0. The average molecular weight is 420 g/mol. The molecule has 0 aromatic heterocycles. The molecule has 1 saturated heterocycles. The Bertz CT molecular complexity index is 396. The third kappa shape index (κ3) is 8.08. The molecule has 0 aromatic rings. The topological polar surface area (TPSA) is 241 Å². The monoisotopic (exact) mass is 420 g/mol. The highest BCUT2D eigenvalue weighted by Crippen LogP contribution is 2.24. The Morgan fingerprint density at radius 1 is 0.786 bits per heavy atom. The minimum Gasteiger partial charge on any atom is -0.394 e. The van der Waals surface area contributed by atoms with Gasteiger partial charge in [0.1, 0.15) is 48.8 Å². The van der Waals surface area contributed by atoms with Crippen LogP contribution in [-0.2, 0) is 9.47 Å². The molecule has 11 N–H and O–H groups in total. The highest BCUT2D eigenvalue weighted by molar-refractivity contribution is 4.91. The Balaban J connectivity index is 0.00000129. The van der Waals surface area contributed by atoms with Crippen LogP contribution in [0.2, 0.25) is 0 Å². The summed E-state index contributed by atoms with van der Waals surface area (Å²) in [5, 5.41) is 101. The van der Waals surface area contributed by atoms with Crippen LogP contribution in [0.15, 0.2) is 0 Å². The molecule has 28 heavy (non-hydrogen) atoms. The Labute approximate surface area is 161 Å². The van der Waals surface area contributed by atoms with Gasteiger partial charge in [-0.05, 0) is 6.92 Å². The van der Waals surface area contributed by atoms with Crippen LogP contribution in [0.5, 0.6) is 0 Å². The van der Waals surface area contributed by atoms with E-state index in [-0.39, 0.29) is 6.61 Å². The smallest absolute Gasteiger partial charge is 0.187 e. The van der Waals surface area contributed by atoms with Crippen LogP contribution in [0.3, 0.4) is 0 Å². The molecule has 1 heterocycles. The second-order valence-electron chi connectivity index (χ2n) is 6.32. The summed E-state index contributed by atoms with van der Waals surface area (Å²) in [6, 6.07) is 0. The molecule has 1 rings (SSSR count). The Kier molecular flexibility index (Phi) is 13.4. The molecule has 13 heteroatoms. The van der Waals surface area contributed by atoms with Gasteiger partial charge < -0.3 is 65.6 Å². The van der Waals surface area contributed by atoms with Crippen molar-refractivity contribution in [1.82, 2.24) is 0 Å². The quantitative estimate of drug-likeness (QED) is 0.166. The molecule has 10 atom stereocenters. The van der Waals surface area contributed by atoms with Gasteiger partial charge >= 0.3 is 0 Å². The standard InChI is InChI=1S/C12H24O11.C3H8O2/c13-1-4(16)7(18)11(5(17)2-14)23-12-10(21)9(20)8(19)6(3-15)22-12;1-3(5)2-4/h4-21H,1-3H2;3-5H,2H2,1H3/t4-,5+,6+,7+,8-,9-,10+,11+,12-;/m0./s1. The summed E-state index contributed by atoms with van der Waals surface area (Å²) in [6.07, 6.45) is -15.6. The van der Waals surface area contributed by atoms with Gasteiger partial charge in [-0.15, -0.1) is 0 Å². The molecular formula is C15H32O13. The lowest BCUT2D eigenvalue weighted by Crippen LogP contribution is -2.61. The van der Waals surface area contributed by atoms with Gasteiger partial charge in [0.2, 0.25) is 0 Å². The summed E-state index contributed by atoms with van der Waals surface area (Å²) in [7, 11) is 0. The van der Waals surface area contributed by atoms with Gasteiger partial charge in [0.15, 0.2) is 6.29 Å². The largest absolute Gasteiger partial charge is 0.394 e. The summed E-state index contributed by atoms with van der Waals surface area (Å²) in [5.41, 5.74) is 0. The summed E-state index contributed by atoms with van der Waals surface area (Å²) in [5.74, 6) is 0. The fraction of sp³-hybridized carbons (Fsp3) is 1.00. The second kappa shape index (κ2) is 13.7. The van der Waals surface area contributed by atoms with Crippen LogP contribution < -0.4 is 0 Å². The molecule has 1 aliphatic rings. The Hall–Kier alpha value is -0.520. The first kappa shape index (κ1) is 27.5. The zero-order valence-electron chi connectivity index (χ0n) is 15.3. The maximum Gasteiger partial charge on any atom is 0.187 e. The van der Waals surface area contributed by atoms with Crippen molar-refractivity contribution in [2.24, 2.45) is 0 Å². The molecule has 13 nitrogen and oxygen atoms in total. The van der Waals surface area contributed by atoms with E-state index in [1.807, 2.05) is 0 Å². The highest BCUT2D eigenvalue weighted by atomic mass is 16.7. The van der Waals surface area contributed by atoms with Crippen LogP contribution in [0.4, 0.5) is 0 Å². The first-order valence-corrected chi connectivity index (χ1v) is 8.56. The summed E-state index contributed by atoms with van der Waals surface area (Å²) in [6.45, 7) is -1.06. The molecule has 0 saturated carbocycles. The van der Waals surface area contributed by atoms with E-state index in [0.29, 0.717) is 0 Å². The molecule has 1 fully saturated rings. The predicted octanol–water partition coefficient (Wildman–Crippen LogP) is -6.40. The van der Waals surface area contributed by atoms with Crippen molar-refractivity contribution >= 4 is 0 Å². The molecular weight excluding hydrogens is 388 g/mol. The summed E-state index contributed by atoms with van der Waals surface area (Å²) < 4.78 is 10.1. The predicted molar refractivity (Wildman–Crippen MR) is 89.6 cm³/mol. The van der Waals surface area contributed by atoms with Gasteiger partial charge in [0, 0.05) is 0 Å². The molecule has 0 aliphatic carbocycles. The van der Waals surface area contributed by atoms with E-state index in [1.54, 1.807) is 0 Å². The van der Waals surface area contributed by atoms with Gasteiger partial charge in [-0.2, -0.15) is 0 Å². The van der Waals surface area contributed by atoms with Crippen molar-refractivity contribution in [3.05, 3.63) is 0 Å². The zero-order chi connectivity index (χ0) is 22.0. The van der Waals surface area contributed by atoms with Crippen LogP contribution >= 0.6 is 0 Å². The lowest BCUT2D eigenvalue weighted by molar-refractivity contribution is -0.327. The van der Waals surface area contributed by atoms with E-state index < -0.39 is 81.0 Å². The minimum absolute atomic E-state index is 0.139. The number of ether oxygens (including phenoxy) is 2. The van der Waals surface area contributed by atoms with E-state index in [2.05, 4.69) is 0 Å². The van der Waals surface area contributed by atoms with Crippen molar-refractivity contribution in [3.63, 3.8) is 0 Å². The van der Waals surface area contributed by atoms with E-state index in [1.165, 1.54) is 6.92 Å². The van der Waals surface area contributed by atoms with E-state index >= 15 is 0 Å². The minimum atomic E-state index is -1.85. The first-order valence-electron chi connectivity index (χ1n) is 8.56. The van der Waals surface area contributed by atoms with Gasteiger partial charge in [-0.3, -0.25) is 0 Å². The van der Waals surface area contributed by atoms with Crippen molar-refractivity contribution in [1.29, 1.82) is 0 Å². The van der Waals surface area contributed by atoms with Crippen LogP contribution in [0, 0.1) is 0 Å². The molecule has 170 valence electrons. The Morgan fingerprint density at radius 2 is 1.29 bits per heavy atom. The van der Waals surface area contributed by atoms with Crippen LogP contribution in [0.25, 0.3) is 0 Å². The van der Waals surface area contributed by atoms with Crippen molar-refractivity contribution in [2.45, 2.75) is 68.1 Å². The van der Waals surface area contributed by atoms with E-state index in [0.717, 1.165) is 0 Å². The first-order chi connectivity index (χ1) is 13.0. The van der Waals surface area contributed by atoms with Gasteiger partial charge in [0.05, 0.1) is 32.5 Å². The average Bonchev–Trinajstić information content (AvgIpc) is 2.70. The molecule has 0 radical (unpaired) electrons. The van der Waals surface area contributed by atoms with Gasteiger partial charge in [-0.1, -0.05) is 0 Å². The lowest BCUT2D eigenvalue weighted by atomic mass is 9.98. The number of hydrogen-bond donors (Lipinski definition) is 11. The molecule has 0 amide bonds. The van der Waals surface area contributed by atoms with Gasteiger partial charge in [0.25, 0.3) is 0 Å². The van der Waals surface area contributed by atoms with Gasteiger partial charge in [-0.25, -0.2) is 0 Å². The van der Waals surface area contributed by atoms with Crippen LogP contribution in [-0.4, -0.2) is 144 Å². The third-order valence-electron chi connectivity index (χ3n) is 3.89. The SMILES string of the molecule is CC(O)CO.OC[C@@H](O)[C@@H](O[C@@H]1O[C@H](CO)[C@H](O)[C@H](O)[C@H]1O)[C@H](O)[C@@H](O)CO. The number of aliphatic hydroxyl groups is 11. The molecule has 1 unspecified atom stereocenters. The molecule has 0 aromatic carbocycles. The molecule has 0 spiro atoms. The number of hydrogen-bond acceptors (Lipinski definition) is 13. The summed E-state index contributed by atoms with van der Waals surface area (Å²) in [4.78, 5) is 0. The van der Waals surface area contributed by atoms with E-state index in [4.69, 9.17) is 35.0 Å². The van der Waals surface area contributed by atoms with Crippen molar-refractivity contribution < 1.29 is 65.6 Å². The van der Waals surface area contributed by atoms with E-state index in [9.17, 15) is 30.6 Å². The lowest BCUT2D eigenvalue weighted by Gasteiger charge is -2.42. The van der Waals surface area contributed by atoms with Crippen LogP contribution in [0.1, 0.15) is 6.92 Å². The zero-order valence-corrected chi connectivity index (χ0v) is 15.3.